The molecular weight excluding hydrogens is 407 g/mol. The minimum atomic E-state index is -0.614. The molecule has 0 fully saturated rings. The molecule has 7 heteroatoms. The number of amides is 1. The van der Waals surface area contributed by atoms with Crippen LogP contribution < -0.4 is 10.9 Å². The third-order valence-corrected chi connectivity index (χ3v) is 6.50. The van der Waals surface area contributed by atoms with Crippen LogP contribution in [-0.4, -0.2) is 40.9 Å². The summed E-state index contributed by atoms with van der Waals surface area (Å²) in [7, 11) is 1.49. The maximum absolute atomic E-state index is 14.5. The summed E-state index contributed by atoms with van der Waals surface area (Å²) >= 11 is 0. The van der Waals surface area contributed by atoms with E-state index < -0.39 is 11.9 Å². The molecule has 0 radical (unpaired) electrons. The van der Waals surface area contributed by atoms with Crippen molar-refractivity contribution in [2.45, 2.75) is 32.2 Å². The average Bonchev–Trinajstić information content (AvgIpc) is 3.30. The Hall–Kier alpha value is -3.32. The molecule has 1 aliphatic carbocycles. The van der Waals surface area contributed by atoms with Gasteiger partial charge in [-0.15, -0.1) is 0 Å². The topological polar surface area (TPSA) is 78.1 Å². The van der Waals surface area contributed by atoms with E-state index in [2.05, 4.69) is 38.4 Å². The normalized spacial score (nSPS) is 16.1. The molecule has 2 N–H and O–H groups in total. The van der Waals surface area contributed by atoms with E-state index in [9.17, 15) is 14.0 Å². The van der Waals surface area contributed by atoms with E-state index >= 15 is 0 Å². The molecule has 0 atom stereocenters. The summed E-state index contributed by atoms with van der Waals surface area (Å²) < 4.78 is 14.5. The van der Waals surface area contributed by atoms with Crippen molar-refractivity contribution in [1.82, 2.24) is 20.2 Å². The lowest BCUT2D eigenvalue weighted by atomic mass is 9.99. The van der Waals surface area contributed by atoms with Gasteiger partial charge in [0.05, 0.1) is 0 Å². The summed E-state index contributed by atoms with van der Waals surface area (Å²) in [5.41, 5.74) is 5.69. The molecule has 2 aliphatic rings. The van der Waals surface area contributed by atoms with Gasteiger partial charge in [-0.1, -0.05) is 18.2 Å². The summed E-state index contributed by atoms with van der Waals surface area (Å²) in [5.74, 6) is -1.02. The molecule has 164 valence electrons. The fraction of sp³-hybridized carbons (Fsp3) is 0.320. The number of hydrogen-bond donors (Lipinski definition) is 2. The number of hydrogen-bond acceptors (Lipinski definition) is 4. The number of nitrogens with zero attached hydrogens (tertiary/aromatic N) is 2. The standard InChI is InChI=1S/C25H25FN4O2/c1-27-25(32)21-8-7-17(23(26)28-21)16-9-11-30(12-10-16)14-15-5-6-19-18-3-2-4-20(18)24(31)29-22(19)13-15/h5-9,13H,2-4,10-12,14H2,1H3,(H,27,32)(H,29,31). The van der Waals surface area contributed by atoms with Crippen LogP contribution in [0, 0.1) is 5.95 Å². The molecule has 6 nitrogen and oxygen atoms in total. The van der Waals surface area contributed by atoms with Crippen LogP contribution in [-0.2, 0) is 19.4 Å². The Bertz CT molecular complexity index is 1310. The Morgan fingerprint density at radius 3 is 2.78 bits per heavy atom. The molecule has 0 unspecified atom stereocenters. The number of carbonyl (C=O) groups excluding carboxylic acids is 1. The molecule has 3 heterocycles. The van der Waals surface area contributed by atoms with Crippen molar-refractivity contribution in [3.8, 4) is 0 Å². The number of aryl methyl sites for hydroxylation is 1. The van der Waals surface area contributed by atoms with E-state index in [1.165, 1.54) is 12.6 Å². The first-order valence-corrected chi connectivity index (χ1v) is 11.0. The van der Waals surface area contributed by atoms with Crippen LogP contribution >= 0.6 is 0 Å². The zero-order valence-corrected chi connectivity index (χ0v) is 18.0. The lowest BCUT2D eigenvalue weighted by Gasteiger charge is -2.26. The monoisotopic (exact) mass is 432 g/mol. The number of aromatic nitrogens is 2. The van der Waals surface area contributed by atoms with E-state index in [1.807, 2.05) is 6.08 Å². The minimum Gasteiger partial charge on any atom is -0.354 e. The van der Waals surface area contributed by atoms with Crippen molar-refractivity contribution < 1.29 is 9.18 Å². The van der Waals surface area contributed by atoms with Gasteiger partial charge in [0.25, 0.3) is 11.5 Å². The quantitative estimate of drug-likeness (QED) is 0.621. The summed E-state index contributed by atoms with van der Waals surface area (Å²) in [6.45, 7) is 2.25. The van der Waals surface area contributed by atoms with Gasteiger partial charge in [-0.25, -0.2) is 4.98 Å². The van der Waals surface area contributed by atoms with E-state index in [1.54, 1.807) is 12.1 Å². The second-order valence-corrected chi connectivity index (χ2v) is 8.47. The summed E-state index contributed by atoms with van der Waals surface area (Å²) in [6.07, 6.45) is 5.63. The number of nitrogens with one attached hydrogen (secondary N) is 2. The highest BCUT2D eigenvalue weighted by molar-refractivity contribution is 5.92. The maximum Gasteiger partial charge on any atom is 0.269 e. The number of H-pyrrole nitrogens is 1. The van der Waals surface area contributed by atoms with Gasteiger partial charge in [-0.05, 0) is 60.6 Å². The summed E-state index contributed by atoms with van der Waals surface area (Å²) in [4.78, 5) is 33.2. The molecule has 1 amide bonds. The van der Waals surface area contributed by atoms with E-state index in [4.69, 9.17) is 0 Å². The highest BCUT2D eigenvalue weighted by Crippen LogP contribution is 2.28. The SMILES string of the molecule is CNC(=O)c1ccc(C2=CCN(Cc3ccc4c5c(c(=O)[nH]c4c3)CCC5)CC2)c(F)n1. The molecule has 0 saturated heterocycles. The fourth-order valence-electron chi connectivity index (χ4n) is 4.83. The molecule has 0 spiro atoms. The predicted octanol–water partition coefficient (Wildman–Crippen LogP) is 3.20. The fourth-order valence-corrected chi connectivity index (χ4v) is 4.83. The molecule has 1 aliphatic heterocycles. The van der Waals surface area contributed by atoms with Crippen LogP contribution in [0.3, 0.4) is 0 Å². The van der Waals surface area contributed by atoms with E-state index in [-0.39, 0.29) is 11.3 Å². The second kappa shape index (κ2) is 8.31. The van der Waals surface area contributed by atoms with Gasteiger partial charge in [-0.2, -0.15) is 4.39 Å². The van der Waals surface area contributed by atoms with Gasteiger partial charge in [0.2, 0.25) is 5.95 Å². The number of fused-ring (bicyclic) bond motifs is 3. The molecule has 3 aromatic rings. The first kappa shape index (κ1) is 20.6. The van der Waals surface area contributed by atoms with Gasteiger partial charge < -0.3 is 10.3 Å². The third-order valence-electron chi connectivity index (χ3n) is 6.50. The first-order chi connectivity index (χ1) is 15.5. The van der Waals surface area contributed by atoms with Crippen molar-refractivity contribution in [3.05, 3.63) is 80.7 Å². The summed E-state index contributed by atoms with van der Waals surface area (Å²) in [6, 6.07) is 9.53. The molecule has 32 heavy (non-hydrogen) atoms. The Kier molecular flexibility index (Phi) is 5.35. The van der Waals surface area contributed by atoms with Gasteiger partial charge >= 0.3 is 0 Å². The Labute approximate surface area is 185 Å². The van der Waals surface area contributed by atoms with Crippen LogP contribution in [0.25, 0.3) is 16.5 Å². The largest absolute Gasteiger partial charge is 0.354 e. The van der Waals surface area contributed by atoms with Gasteiger partial charge in [0.1, 0.15) is 5.69 Å². The highest BCUT2D eigenvalue weighted by Gasteiger charge is 2.20. The number of halogens is 1. The zero-order valence-electron chi connectivity index (χ0n) is 18.0. The van der Waals surface area contributed by atoms with Gasteiger partial charge in [0.15, 0.2) is 0 Å². The van der Waals surface area contributed by atoms with Crippen molar-refractivity contribution >= 4 is 22.4 Å². The highest BCUT2D eigenvalue weighted by atomic mass is 19.1. The lowest BCUT2D eigenvalue weighted by molar-refractivity contribution is 0.0957. The van der Waals surface area contributed by atoms with Crippen molar-refractivity contribution in [2.24, 2.45) is 0 Å². The Balaban J connectivity index is 1.31. The van der Waals surface area contributed by atoms with E-state index in [0.29, 0.717) is 18.5 Å². The van der Waals surface area contributed by atoms with Gasteiger partial charge in [0, 0.05) is 48.7 Å². The molecule has 1 aromatic carbocycles. The van der Waals surface area contributed by atoms with Crippen LogP contribution in [0.15, 0.2) is 41.2 Å². The van der Waals surface area contributed by atoms with Gasteiger partial charge in [-0.3, -0.25) is 14.5 Å². The Morgan fingerprint density at radius 2 is 2.03 bits per heavy atom. The number of carbonyl (C=O) groups is 1. The molecular formula is C25H25FN4O2. The smallest absolute Gasteiger partial charge is 0.269 e. The molecule has 5 rings (SSSR count). The van der Waals surface area contributed by atoms with Crippen molar-refractivity contribution in [1.29, 1.82) is 0 Å². The van der Waals surface area contributed by atoms with Crippen LogP contribution in [0.4, 0.5) is 4.39 Å². The number of aromatic amines is 1. The van der Waals surface area contributed by atoms with Crippen LogP contribution in [0.1, 0.15) is 45.6 Å². The van der Waals surface area contributed by atoms with Crippen LogP contribution in [0.5, 0.6) is 0 Å². The molecule has 2 aromatic heterocycles. The van der Waals surface area contributed by atoms with E-state index in [0.717, 1.165) is 60.0 Å². The average molecular weight is 432 g/mol. The first-order valence-electron chi connectivity index (χ1n) is 11.0. The van der Waals surface area contributed by atoms with Crippen molar-refractivity contribution in [2.75, 3.05) is 20.1 Å². The van der Waals surface area contributed by atoms with Crippen molar-refractivity contribution in [3.63, 3.8) is 0 Å². The molecule has 0 bridgehead atoms. The number of benzene rings is 1. The molecule has 0 saturated carbocycles. The van der Waals surface area contributed by atoms with Crippen LogP contribution in [0.2, 0.25) is 0 Å². The lowest BCUT2D eigenvalue weighted by Crippen LogP contribution is -2.28. The number of pyridine rings is 2. The Morgan fingerprint density at radius 1 is 1.19 bits per heavy atom. The maximum atomic E-state index is 14.5. The minimum absolute atomic E-state index is 0.0470. The third kappa shape index (κ3) is 3.73. The number of rotatable bonds is 4. The predicted molar refractivity (Wildman–Crippen MR) is 122 cm³/mol. The summed E-state index contributed by atoms with van der Waals surface area (Å²) in [5, 5.41) is 3.61. The zero-order chi connectivity index (χ0) is 22.2. The second-order valence-electron chi connectivity index (χ2n) is 8.47.